The minimum atomic E-state index is -1.08. The van der Waals surface area contributed by atoms with Gasteiger partial charge in [-0.1, -0.05) is 30.3 Å². The highest BCUT2D eigenvalue weighted by molar-refractivity contribution is 5.97. The molecule has 1 N–H and O–H groups in total. The van der Waals surface area contributed by atoms with E-state index < -0.39 is 35.5 Å². The lowest BCUT2D eigenvalue weighted by atomic mass is 10.1. The Morgan fingerprint density at radius 3 is 2.24 bits per heavy atom. The highest BCUT2D eigenvalue weighted by Gasteiger charge is 2.32. The van der Waals surface area contributed by atoms with Crippen molar-refractivity contribution in [3.8, 4) is 11.4 Å². The predicted molar refractivity (Wildman–Crippen MR) is 167 cm³/mol. The number of piperazine rings is 1. The second-order valence-electron chi connectivity index (χ2n) is 11.6. The van der Waals surface area contributed by atoms with Crippen molar-refractivity contribution in [1.82, 2.24) is 30.0 Å². The van der Waals surface area contributed by atoms with E-state index in [1.807, 2.05) is 18.2 Å². The van der Waals surface area contributed by atoms with Gasteiger partial charge in [0.05, 0.1) is 12.3 Å². The third-order valence-corrected chi connectivity index (χ3v) is 6.63. The number of likely N-dealkylation sites (N-methyl/N-ethyl adjacent to an activating group) is 1. The molecule has 2 aromatic rings. The summed E-state index contributed by atoms with van der Waals surface area (Å²) < 4.78 is 10.5. The first-order valence-corrected chi connectivity index (χ1v) is 14.8. The van der Waals surface area contributed by atoms with E-state index in [-0.39, 0.29) is 63.1 Å². The Hall–Kier alpha value is -4.81. The molecule has 1 aromatic carbocycles. The van der Waals surface area contributed by atoms with Crippen molar-refractivity contribution in [2.75, 3.05) is 46.9 Å². The molecule has 0 radical (unpaired) electrons. The molecule has 1 saturated heterocycles. The first kappa shape index (κ1) is 34.7. The summed E-state index contributed by atoms with van der Waals surface area (Å²) in [7, 11) is 3.23. The zero-order chi connectivity index (χ0) is 33.1. The smallest absolute Gasteiger partial charge is 0.409 e. The lowest BCUT2D eigenvalue weighted by Gasteiger charge is -2.36. The van der Waals surface area contributed by atoms with Crippen LogP contribution in [0.5, 0.6) is 0 Å². The number of nitrogens with zero attached hydrogens (tertiary/aromatic N) is 5. The van der Waals surface area contributed by atoms with Gasteiger partial charge in [0.25, 0.3) is 5.91 Å². The van der Waals surface area contributed by atoms with Gasteiger partial charge in [-0.3, -0.25) is 19.2 Å². The SMILES string of the molecule is CCOC(=O)N1CCN(C(=O)[C@H](CCC(=O)OC(C)(C)C)NC(=O)c2cc(/C=C/C(=O)N(C)C)nc(-c3ccccc3)n2)CC1. The highest BCUT2D eigenvalue weighted by atomic mass is 16.6. The maximum absolute atomic E-state index is 13.7. The van der Waals surface area contributed by atoms with Crippen LogP contribution in [0.15, 0.2) is 42.5 Å². The van der Waals surface area contributed by atoms with Crippen molar-refractivity contribution in [1.29, 1.82) is 0 Å². The van der Waals surface area contributed by atoms with Crippen LogP contribution in [0.4, 0.5) is 4.79 Å². The van der Waals surface area contributed by atoms with Gasteiger partial charge in [0, 0.05) is 58.3 Å². The van der Waals surface area contributed by atoms with Crippen molar-refractivity contribution >= 4 is 35.9 Å². The first-order chi connectivity index (χ1) is 21.3. The number of carbonyl (C=O) groups is 5. The minimum absolute atomic E-state index is 0.0156. The molecule has 0 bridgehead atoms. The summed E-state index contributed by atoms with van der Waals surface area (Å²) in [5.74, 6) is -1.57. The van der Waals surface area contributed by atoms with Crippen LogP contribution >= 0.6 is 0 Å². The molecule has 13 nitrogen and oxygen atoms in total. The number of aromatic nitrogens is 2. The average molecular weight is 623 g/mol. The summed E-state index contributed by atoms with van der Waals surface area (Å²) in [5, 5.41) is 2.76. The number of hydrogen-bond donors (Lipinski definition) is 1. The van der Waals surface area contributed by atoms with Crippen LogP contribution in [0, 0.1) is 0 Å². The third kappa shape index (κ3) is 10.7. The summed E-state index contributed by atoms with van der Waals surface area (Å²) in [6, 6.07) is 9.38. The topological polar surface area (TPSA) is 151 Å². The van der Waals surface area contributed by atoms with Gasteiger partial charge in [0.2, 0.25) is 11.8 Å². The van der Waals surface area contributed by atoms with Crippen molar-refractivity contribution < 1.29 is 33.4 Å². The lowest BCUT2D eigenvalue weighted by Crippen LogP contribution is -2.56. The Bertz CT molecular complexity index is 1400. The fourth-order valence-corrected chi connectivity index (χ4v) is 4.38. The van der Waals surface area contributed by atoms with Crippen LogP contribution in [0.2, 0.25) is 0 Å². The van der Waals surface area contributed by atoms with E-state index in [4.69, 9.17) is 9.47 Å². The molecule has 4 amide bonds. The molecular formula is C32H42N6O7. The molecule has 45 heavy (non-hydrogen) atoms. The molecule has 1 atom stereocenters. The second kappa shape index (κ2) is 15.8. The molecule has 2 heterocycles. The minimum Gasteiger partial charge on any atom is -0.460 e. The number of benzene rings is 1. The van der Waals surface area contributed by atoms with Gasteiger partial charge < -0.3 is 29.5 Å². The number of rotatable bonds is 10. The van der Waals surface area contributed by atoms with Gasteiger partial charge in [-0.15, -0.1) is 0 Å². The second-order valence-corrected chi connectivity index (χ2v) is 11.6. The zero-order valence-electron chi connectivity index (χ0n) is 26.7. The maximum Gasteiger partial charge on any atom is 0.409 e. The number of hydrogen-bond acceptors (Lipinski definition) is 9. The summed E-state index contributed by atoms with van der Waals surface area (Å²) in [6.45, 7) is 8.21. The van der Waals surface area contributed by atoms with Gasteiger partial charge in [0.1, 0.15) is 17.3 Å². The molecule has 1 aromatic heterocycles. The van der Waals surface area contributed by atoms with E-state index in [1.165, 1.54) is 28.0 Å². The summed E-state index contributed by atoms with van der Waals surface area (Å²) in [6.07, 6.45) is 2.24. The van der Waals surface area contributed by atoms with E-state index in [9.17, 15) is 24.0 Å². The summed E-state index contributed by atoms with van der Waals surface area (Å²) in [4.78, 5) is 77.6. The molecule has 1 aliphatic heterocycles. The molecule has 1 aliphatic rings. The number of esters is 1. The third-order valence-electron chi connectivity index (χ3n) is 6.63. The van der Waals surface area contributed by atoms with E-state index in [0.29, 0.717) is 11.3 Å². The Labute approximate surface area is 263 Å². The Morgan fingerprint density at radius 1 is 1.00 bits per heavy atom. The highest BCUT2D eigenvalue weighted by Crippen LogP contribution is 2.18. The van der Waals surface area contributed by atoms with Gasteiger partial charge in [-0.25, -0.2) is 14.8 Å². The van der Waals surface area contributed by atoms with Crippen molar-refractivity contribution in [3.63, 3.8) is 0 Å². The van der Waals surface area contributed by atoms with Crippen LogP contribution in [0.25, 0.3) is 17.5 Å². The van der Waals surface area contributed by atoms with Crippen LogP contribution in [0.3, 0.4) is 0 Å². The number of amides is 4. The van der Waals surface area contributed by atoms with Crippen LogP contribution < -0.4 is 5.32 Å². The molecule has 0 unspecified atom stereocenters. The molecule has 242 valence electrons. The van der Waals surface area contributed by atoms with E-state index in [0.717, 1.165) is 0 Å². The fourth-order valence-electron chi connectivity index (χ4n) is 4.38. The van der Waals surface area contributed by atoms with E-state index >= 15 is 0 Å². The van der Waals surface area contributed by atoms with Crippen LogP contribution in [-0.4, -0.2) is 113 Å². The van der Waals surface area contributed by atoms with Crippen LogP contribution in [0.1, 0.15) is 56.7 Å². The number of nitrogens with one attached hydrogen (secondary N) is 1. The Kier molecular flexibility index (Phi) is 12.2. The van der Waals surface area contributed by atoms with Crippen molar-refractivity contribution in [2.45, 2.75) is 52.2 Å². The predicted octanol–water partition coefficient (Wildman–Crippen LogP) is 2.77. The van der Waals surface area contributed by atoms with Crippen molar-refractivity contribution in [2.24, 2.45) is 0 Å². The molecule has 0 saturated carbocycles. The number of carbonyl (C=O) groups excluding carboxylic acids is 5. The monoisotopic (exact) mass is 622 g/mol. The Morgan fingerprint density at radius 2 is 1.64 bits per heavy atom. The molecule has 0 aliphatic carbocycles. The number of ether oxygens (including phenoxy) is 2. The summed E-state index contributed by atoms with van der Waals surface area (Å²) >= 11 is 0. The average Bonchev–Trinajstić information content (AvgIpc) is 3.01. The van der Waals surface area contributed by atoms with Gasteiger partial charge in [-0.05, 0) is 46.3 Å². The van der Waals surface area contributed by atoms with Crippen molar-refractivity contribution in [3.05, 3.63) is 53.9 Å². The van der Waals surface area contributed by atoms with Gasteiger partial charge >= 0.3 is 12.1 Å². The summed E-state index contributed by atoms with van der Waals surface area (Å²) in [5.41, 5.74) is 0.229. The normalized spacial score (nSPS) is 14.1. The molecule has 1 fully saturated rings. The van der Waals surface area contributed by atoms with E-state index in [1.54, 1.807) is 58.8 Å². The lowest BCUT2D eigenvalue weighted by molar-refractivity contribution is -0.155. The standard InChI is InChI=1S/C32H42N6O7/c1-7-44-31(43)38-19-17-37(18-20-38)30(42)24(14-16-27(40)45-32(2,3)4)35-29(41)25-21-23(13-15-26(39)36(5)6)33-28(34-25)22-11-9-8-10-12-22/h8-13,15,21,24H,7,14,16-20H2,1-6H3,(H,35,41)/b15-13+/t24-/m0/s1. The van der Waals surface area contributed by atoms with Gasteiger partial charge in [-0.2, -0.15) is 0 Å². The largest absolute Gasteiger partial charge is 0.460 e. The molecule has 13 heteroatoms. The molecule has 0 spiro atoms. The fraction of sp³-hybridized carbons (Fsp3) is 0.469. The maximum atomic E-state index is 13.7. The van der Waals surface area contributed by atoms with Gasteiger partial charge in [0.15, 0.2) is 5.82 Å². The zero-order valence-corrected chi connectivity index (χ0v) is 26.7. The Balaban J connectivity index is 1.87. The first-order valence-electron chi connectivity index (χ1n) is 14.8. The quantitative estimate of drug-likeness (QED) is 0.312. The van der Waals surface area contributed by atoms with E-state index in [2.05, 4.69) is 15.3 Å². The molecular weight excluding hydrogens is 580 g/mol. The molecule has 3 rings (SSSR count). The van der Waals surface area contributed by atoms with Crippen LogP contribution in [-0.2, 0) is 23.9 Å².